The largest absolute Gasteiger partial charge is 0.426 e. The van der Waals surface area contributed by atoms with E-state index >= 15 is 4.39 Å². The van der Waals surface area contributed by atoms with Gasteiger partial charge in [0.15, 0.2) is 11.5 Å². The van der Waals surface area contributed by atoms with Gasteiger partial charge in [0.1, 0.15) is 17.3 Å². The number of hydrogen-bond donors (Lipinski definition) is 0. The number of benzene rings is 4. The van der Waals surface area contributed by atoms with Crippen molar-refractivity contribution in [2.24, 2.45) is 5.92 Å². The van der Waals surface area contributed by atoms with Crippen LogP contribution in [0.3, 0.4) is 0 Å². The minimum Gasteiger partial charge on any atom is -0.426 e. The first-order valence-corrected chi connectivity index (χ1v) is 15.2. The summed E-state index contributed by atoms with van der Waals surface area (Å²) < 4.78 is 37.3. The van der Waals surface area contributed by atoms with E-state index in [9.17, 15) is 19.2 Å². The Balaban J connectivity index is 1.64. The van der Waals surface area contributed by atoms with Crippen LogP contribution in [0.5, 0.6) is 23.0 Å². The molecule has 0 heterocycles. The molecule has 0 saturated heterocycles. The molecule has 0 spiro atoms. The first kappa shape index (κ1) is 35.8. The number of rotatable bonds is 11. The smallest absolute Gasteiger partial charge is 0.338 e. The lowest BCUT2D eigenvalue weighted by Crippen LogP contribution is -2.15. The predicted octanol–water partition coefficient (Wildman–Crippen LogP) is 8.83. The maximum atomic E-state index is 15.7. The topological polar surface area (TPSA) is 105 Å². The zero-order valence-electron chi connectivity index (χ0n) is 27.8. The summed E-state index contributed by atoms with van der Waals surface area (Å²) in [6.07, 6.45) is 0. The van der Waals surface area contributed by atoms with Crippen LogP contribution in [0, 0.1) is 11.7 Å². The number of carbonyl (C=O) groups excluding carboxylic acids is 4. The molecule has 0 unspecified atom stereocenters. The molecule has 0 amide bonds. The molecular formula is C40H35FO8. The summed E-state index contributed by atoms with van der Waals surface area (Å²) in [5, 5.41) is 0. The molecule has 0 saturated carbocycles. The highest BCUT2D eigenvalue weighted by molar-refractivity contribution is 5.92. The summed E-state index contributed by atoms with van der Waals surface area (Å²) >= 11 is 0. The molecule has 0 aliphatic carbocycles. The van der Waals surface area contributed by atoms with Crippen LogP contribution in [0.4, 0.5) is 4.39 Å². The van der Waals surface area contributed by atoms with Crippen molar-refractivity contribution < 1.29 is 42.5 Å². The molecular weight excluding hydrogens is 627 g/mol. The van der Waals surface area contributed by atoms with Gasteiger partial charge in [0.05, 0.1) is 5.92 Å². The molecule has 0 N–H and O–H groups in total. The molecule has 49 heavy (non-hydrogen) atoms. The van der Waals surface area contributed by atoms with E-state index in [1.165, 1.54) is 51.1 Å². The van der Waals surface area contributed by atoms with Gasteiger partial charge < -0.3 is 18.9 Å². The molecule has 0 aliphatic heterocycles. The van der Waals surface area contributed by atoms with E-state index in [1.54, 1.807) is 50.2 Å². The summed E-state index contributed by atoms with van der Waals surface area (Å²) in [4.78, 5) is 48.9. The van der Waals surface area contributed by atoms with Gasteiger partial charge in [0.25, 0.3) is 0 Å². The third-order valence-corrected chi connectivity index (χ3v) is 7.01. The number of esters is 4. The fraction of sp³-hybridized carbons (Fsp3) is 0.150. The molecule has 0 bridgehead atoms. The quantitative estimate of drug-likeness (QED) is 0.0891. The van der Waals surface area contributed by atoms with Gasteiger partial charge in [-0.25, -0.2) is 18.8 Å². The predicted molar refractivity (Wildman–Crippen MR) is 185 cm³/mol. The molecule has 250 valence electrons. The maximum absolute atomic E-state index is 15.7. The van der Waals surface area contributed by atoms with Crippen LogP contribution in [0.2, 0.25) is 0 Å². The van der Waals surface area contributed by atoms with Gasteiger partial charge in [-0.3, -0.25) is 4.79 Å². The Bertz CT molecular complexity index is 2000. The number of ether oxygens (including phenoxy) is 4. The van der Waals surface area contributed by atoms with E-state index in [2.05, 4.69) is 19.7 Å². The summed E-state index contributed by atoms with van der Waals surface area (Å²) in [5.74, 6) is -3.27. The second-order valence-electron chi connectivity index (χ2n) is 11.7. The second-order valence-corrected chi connectivity index (χ2v) is 11.7. The highest BCUT2D eigenvalue weighted by Crippen LogP contribution is 2.36. The Morgan fingerprint density at radius 3 is 1.49 bits per heavy atom. The lowest BCUT2D eigenvalue weighted by molar-refractivity contribution is -0.137. The van der Waals surface area contributed by atoms with Crippen molar-refractivity contribution in [3.63, 3.8) is 0 Å². The van der Waals surface area contributed by atoms with Crippen LogP contribution >= 0.6 is 0 Å². The number of carbonyl (C=O) groups is 4. The van der Waals surface area contributed by atoms with E-state index in [0.717, 1.165) is 5.56 Å². The van der Waals surface area contributed by atoms with Crippen molar-refractivity contribution in [1.82, 2.24) is 0 Å². The molecule has 0 radical (unpaired) electrons. The Labute approximate surface area is 284 Å². The van der Waals surface area contributed by atoms with Gasteiger partial charge >= 0.3 is 23.9 Å². The van der Waals surface area contributed by atoms with Gasteiger partial charge in [-0.15, -0.1) is 0 Å². The zero-order valence-corrected chi connectivity index (χ0v) is 27.8. The summed E-state index contributed by atoms with van der Waals surface area (Å²) in [5.41, 5.74) is 3.74. The zero-order chi connectivity index (χ0) is 36.0. The lowest BCUT2D eigenvalue weighted by atomic mass is 9.97. The van der Waals surface area contributed by atoms with E-state index in [1.807, 2.05) is 12.1 Å². The van der Waals surface area contributed by atoms with Crippen molar-refractivity contribution in [3.8, 4) is 56.4 Å². The lowest BCUT2D eigenvalue weighted by Gasteiger charge is -2.14. The third-order valence-electron chi connectivity index (χ3n) is 7.01. The number of hydrogen-bond acceptors (Lipinski definition) is 8. The van der Waals surface area contributed by atoms with Crippen molar-refractivity contribution in [2.45, 2.75) is 34.6 Å². The fourth-order valence-electron chi connectivity index (χ4n) is 4.28. The van der Waals surface area contributed by atoms with Crippen molar-refractivity contribution in [1.29, 1.82) is 0 Å². The highest BCUT2D eigenvalue weighted by Gasteiger charge is 2.18. The summed E-state index contributed by atoms with van der Waals surface area (Å²) in [7, 11) is 0. The normalized spacial score (nSPS) is 10.6. The molecule has 8 nitrogen and oxygen atoms in total. The summed E-state index contributed by atoms with van der Waals surface area (Å²) in [6, 6.07) is 21.1. The monoisotopic (exact) mass is 662 g/mol. The van der Waals surface area contributed by atoms with Gasteiger partial charge in [-0.1, -0.05) is 76.0 Å². The summed E-state index contributed by atoms with van der Waals surface area (Å²) in [6.45, 7) is 18.6. The molecule has 0 aliphatic rings. The van der Waals surface area contributed by atoms with Crippen LogP contribution in [0.25, 0.3) is 33.4 Å². The standard InChI is InChI=1S/C40H35FO8/c1-22(2)37(42)46-31-17-30(18-32(21-31)47-38(43)23(3)4)33-15-13-28(19-34(33)41)26-9-11-27(12-10-26)29-14-16-35(48-39(44)24(5)6)36(20-29)49-40(45)25(7)8/h9-21,23H,1,5,7H2,2-4,6,8H3. The fourth-order valence-corrected chi connectivity index (χ4v) is 4.28. The van der Waals surface area contributed by atoms with E-state index in [0.29, 0.717) is 22.3 Å². The van der Waals surface area contributed by atoms with E-state index in [4.69, 9.17) is 18.9 Å². The second kappa shape index (κ2) is 15.2. The van der Waals surface area contributed by atoms with Crippen LogP contribution in [-0.2, 0) is 19.2 Å². The SMILES string of the molecule is C=C(C)C(=O)Oc1cc(OC(=O)C(C)C)cc(-c2ccc(-c3ccc(-c4ccc(OC(=O)C(=C)C)c(OC(=O)C(=C)C)c4)cc3)cc2F)c1. The van der Waals surface area contributed by atoms with Crippen molar-refractivity contribution in [3.05, 3.63) is 121 Å². The van der Waals surface area contributed by atoms with Crippen LogP contribution in [0.1, 0.15) is 34.6 Å². The van der Waals surface area contributed by atoms with Gasteiger partial charge in [-0.05, 0) is 78.9 Å². The molecule has 0 aromatic heterocycles. The van der Waals surface area contributed by atoms with Crippen molar-refractivity contribution in [2.75, 3.05) is 0 Å². The minimum absolute atomic E-state index is 0.0300. The molecule has 0 atom stereocenters. The minimum atomic E-state index is -0.682. The number of halogens is 1. The molecule has 4 aromatic rings. The highest BCUT2D eigenvalue weighted by atomic mass is 19.1. The first-order chi connectivity index (χ1) is 23.1. The maximum Gasteiger partial charge on any atom is 0.338 e. The third kappa shape index (κ3) is 9.04. The Morgan fingerprint density at radius 2 is 0.980 bits per heavy atom. The van der Waals surface area contributed by atoms with Gasteiger partial charge in [-0.2, -0.15) is 0 Å². The molecule has 4 rings (SSSR count). The van der Waals surface area contributed by atoms with Crippen LogP contribution in [0.15, 0.2) is 115 Å². The molecule has 9 heteroatoms. The first-order valence-electron chi connectivity index (χ1n) is 15.2. The van der Waals surface area contributed by atoms with Crippen LogP contribution < -0.4 is 18.9 Å². The van der Waals surface area contributed by atoms with Crippen LogP contribution in [-0.4, -0.2) is 23.9 Å². The molecule has 4 aromatic carbocycles. The Morgan fingerprint density at radius 1 is 0.531 bits per heavy atom. The van der Waals surface area contributed by atoms with Gasteiger partial charge in [0, 0.05) is 28.3 Å². The van der Waals surface area contributed by atoms with Gasteiger partial charge in [0.2, 0.25) is 0 Å². The van der Waals surface area contributed by atoms with E-state index in [-0.39, 0.29) is 45.3 Å². The Kier molecular flexibility index (Phi) is 11.1. The Hall–Kier alpha value is -6.09. The van der Waals surface area contributed by atoms with Crippen molar-refractivity contribution >= 4 is 23.9 Å². The molecule has 0 fully saturated rings. The average Bonchev–Trinajstić information content (AvgIpc) is 3.05. The average molecular weight is 663 g/mol. The van der Waals surface area contributed by atoms with E-state index < -0.39 is 35.6 Å².